The molecule has 0 aromatic carbocycles. The predicted molar refractivity (Wildman–Crippen MR) is 64.2 cm³/mol. The maximum atomic E-state index is 11.6. The number of carbonyl (C=O) groups is 1. The molecule has 0 radical (unpaired) electrons. The number of carbonyl (C=O) groups excluding carboxylic acids is 1. The third-order valence-corrected chi connectivity index (χ3v) is 1.99. The Kier molecular flexibility index (Phi) is 5.97. The number of ether oxygens (including phenoxy) is 1. The monoisotopic (exact) mass is 231 g/mol. The summed E-state index contributed by atoms with van der Waals surface area (Å²) in [5.74, 6) is -0.259. The molecule has 0 saturated carbocycles. The minimum Gasteiger partial charge on any atom is -0.459 e. The number of esters is 1. The number of rotatable bonds is 5. The summed E-state index contributed by atoms with van der Waals surface area (Å²) in [6, 6.07) is -0.268. The molecule has 96 valence electrons. The maximum absolute atomic E-state index is 11.6. The van der Waals surface area contributed by atoms with E-state index in [2.05, 4.69) is 5.32 Å². The molecule has 4 heteroatoms. The van der Waals surface area contributed by atoms with Crippen molar-refractivity contribution in [3.63, 3.8) is 0 Å². The lowest BCUT2D eigenvalue weighted by molar-refractivity contribution is -0.157. The van der Waals surface area contributed by atoms with Crippen molar-refractivity contribution >= 4 is 5.97 Å². The van der Waals surface area contributed by atoms with Crippen molar-refractivity contribution in [3.8, 4) is 0 Å². The minimum atomic E-state index is -0.458. The van der Waals surface area contributed by atoms with Gasteiger partial charge in [-0.15, -0.1) is 0 Å². The van der Waals surface area contributed by atoms with Gasteiger partial charge in [0.1, 0.15) is 11.6 Å². The van der Waals surface area contributed by atoms with Crippen molar-refractivity contribution < 1.29 is 14.6 Å². The van der Waals surface area contributed by atoms with Gasteiger partial charge in [0.05, 0.1) is 6.10 Å². The van der Waals surface area contributed by atoms with Crippen LogP contribution in [0.1, 0.15) is 48.0 Å². The summed E-state index contributed by atoms with van der Waals surface area (Å²) in [4.78, 5) is 11.6. The van der Waals surface area contributed by atoms with Gasteiger partial charge in [0, 0.05) is 6.04 Å². The Morgan fingerprint density at radius 1 is 1.31 bits per heavy atom. The van der Waals surface area contributed by atoms with Crippen LogP contribution in [0, 0.1) is 0 Å². The third kappa shape index (κ3) is 7.65. The second-order valence-corrected chi connectivity index (χ2v) is 5.41. The van der Waals surface area contributed by atoms with Gasteiger partial charge < -0.3 is 15.2 Å². The Balaban J connectivity index is 4.05. The smallest absolute Gasteiger partial charge is 0.323 e. The average molecular weight is 231 g/mol. The van der Waals surface area contributed by atoms with Crippen molar-refractivity contribution in [1.82, 2.24) is 5.32 Å². The van der Waals surface area contributed by atoms with Crippen LogP contribution in [-0.4, -0.2) is 34.9 Å². The van der Waals surface area contributed by atoms with Crippen LogP contribution in [0.2, 0.25) is 0 Å². The molecule has 0 saturated heterocycles. The Labute approximate surface area is 98.4 Å². The molecule has 16 heavy (non-hydrogen) atoms. The van der Waals surface area contributed by atoms with E-state index in [1.807, 2.05) is 27.7 Å². The van der Waals surface area contributed by atoms with E-state index in [1.165, 1.54) is 0 Å². The van der Waals surface area contributed by atoms with E-state index in [4.69, 9.17) is 4.74 Å². The molecule has 4 nitrogen and oxygen atoms in total. The van der Waals surface area contributed by atoms with Gasteiger partial charge in [-0.25, -0.2) is 0 Å². The normalized spacial score (nSPS) is 17.7. The van der Waals surface area contributed by atoms with Gasteiger partial charge in [-0.05, 0) is 48.0 Å². The van der Waals surface area contributed by atoms with Gasteiger partial charge >= 0.3 is 5.97 Å². The molecule has 0 spiro atoms. The summed E-state index contributed by atoms with van der Waals surface area (Å²) in [6.45, 7) is 11.0. The molecule has 0 aliphatic rings. The van der Waals surface area contributed by atoms with Gasteiger partial charge in [0.2, 0.25) is 0 Å². The summed E-state index contributed by atoms with van der Waals surface area (Å²) >= 11 is 0. The Bertz CT molecular complexity index is 221. The quantitative estimate of drug-likeness (QED) is 0.703. The number of hydrogen-bond acceptors (Lipinski definition) is 4. The molecule has 0 heterocycles. The highest BCUT2D eigenvalue weighted by Gasteiger charge is 2.22. The zero-order valence-corrected chi connectivity index (χ0v) is 11.2. The molecule has 0 bridgehead atoms. The zero-order chi connectivity index (χ0) is 12.9. The minimum absolute atomic E-state index is 0.0857. The number of hydrogen-bond donors (Lipinski definition) is 2. The molecule has 0 aromatic rings. The Hall–Kier alpha value is -0.610. The lowest BCUT2D eigenvalue weighted by Crippen LogP contribution is -2.44. The second kappa shape index (κ2) is 6.21. The summed E-state index contributed by atoms with van der Waals surface area (Å²) in [7, 11) is 0. The van der Waals surface area contributed by atoms with Crippen LogP contribution >= 0.6 is 0 Å². The van der Waals surface area contributed by atoms with Crippen LogP contribution in [0.5, 0.6) is 0 Å². The molecule has 0 aromatic heterocycles. The molecule has 3 unspecified atom stereocenters. The van der Waals surface area contributed by atoms with Crippen LogP contribution in [0.15, 0.2) is 0 Å². The first-order valence-corrected chi connectivity index (χ1v) is 5.79. The fraction of sp³-hybridized carbons (Fsp3) is 0.917. The number of nitrogens with one attached hydrogen (secondary N) is 1. The predicted octanol–water partition coefficient (Wildman–Crippen LogP) is 1.47. The van der Waals surface area contributed by atoms with Crippen LogP contribution in [0.4, 0.5) is 0 Å². The first kappa shape index (κ1) is 15.4. The third-order valence-electron chi connectivity index (χ3n) is 1.99. The van der Waals surface area contributed by atoms with Gasteiger partial charge in [-0.1, -0.05) is 0 Å². The van der Waals surface area contributed by atoms with E-state index >= 15 is 0 Å². The molecule has 0 amide bonds. The van der Waals surface area contributed by atoms with Gasteiger partial charge in [0.15, 0.2) is 0 Å². The van der Waals surface area contributed by atoms with Crippen LogP contribution < -0.4 is 5.32 Å². The lowest BCUT2D eigenvalue weighted by Gasteiger charge is -2.25. The molecule has 0 aliphatic carbocycles. The lowest BCUT2D eigenvalue weighted by atomic mass is 10.1. The highest BCUT2D eigenvalue weighted by Crippen LogP contribution is 2.09. The molecule has 0 fully saturated rings. The van der Waals surface area contributed by atoms with Crippen molar-refractivity contribution in [2.75, 3.05) is 0 Å². The fourth-order valence-electron chi connectivity index (χ4n) is 1.46. The van der Waals surface area contributed by atoms with E-state index in [0.29, 0.717) is 6.42 Å². The molecular weight excluding hydrogens is 206 g/mol. The molecular formula is C12H25NO3. The number of aliphatic hydroxyl groups excluding tert-OH is 1. The molecule has 0 rings (SSSR count). The SMILES string of the molecule is CC(O)CC(C)NC(C)C(=O)OC(C)(C)C. The Morgan fingerprint density at radius 2 is 1.81 bits per heavy atom. The highest BCUT2D eigenvalue weighted by atomic mass is 16.6. The van der Waals surface area contributed by atoms with Crippen molar-refractivity contribution in [2.45, 2.75) is 71.8 Å². The fourth-order valence-corrected chi connectivity index (χ4v) is 1.46. The van der Waals surface area contributed by atoms with Crippen molar-refractivity contribution in [1.29, 1.82) is 0 Å². The molecule has 2 N–H and O–H groups in total. The van der Waals surface area contributed by atoms with E-state index in [0.717, 1.165) is 0 Å². The molecule has 0 aliphatic heterocycles. The van der Waals surface area contributed by atoms with Crippen LogP contribution in [0.25, 0.3) is 0 Å². The summed E-state index contributed by atoms with van der Waals surface area (Å²) < 4.78 is 5.24. The largest absolute Gasteiger partial charge is 0.459 e. The van der Waals surface area contributed by atoms with Crippen LogP contribution in [0.3, 0.4) is 0 Å². The maximum Gasteiger partial charge on any atom is 0.323 e. The standard InChI is InChI=1S/C12H25NO3/c1-8(7-9(2)14)13-10(3)11(15)16-12(4,5)6/h8-10,13-14H,7H2,1-6H3. The topological polar surface area (TPSA) is 58.6 Å². The summed E-state index contributed by atoms with van der Waals surface area (Å²) in [6.07, 6.45) is 0.251. The van der Waals surface area contributed by atoms with E-state index < -0.39 is 5.60 Å². The van der Waals surface area contributed by atoms with Crippen LogP contribution in [-0.2, 0) is 9.53 Å². The Morgan fingerprint density at radius 3 is 2.19 bits per heavy atom. The number of aliphatic hydroxyl groups is 1. The molecule has 3 atom stereocenters. The first-order chi connectivity index (χ1) is 7.11. The van der Waals surface area contributed by atoms with Gasteiger partial charge in [-0.3, -0.25) is 4.79 Å². The van der Waals surface area contributed by atoms with E-state index in [1.54, 1.807) is 13.8 Å². The van der Waals surface area contributed by atoms with Crippen molar-refractivity contribution in [3.05, 3.63) is 0 Å². The highest BCUT2D eigenvalue weighted by molar-refractivity contribution is 5.75. The van der Waals surface area contributed by atoms with E-state index in [9.17, 15) is 9.90 Å². The average Bonchev–Trinajstić information content (AvgIpc) is 1.98. The van der Waals surface area contributed by atoms with Gasteiger partial charge in [-0.2, -0.15) is 0 Å². The second-order valence-electron chi connectivity index (χ2n) is 5.41. The zero-order valence-electron chi connectivity index (χ0n) is 11.2. The summed E-state index contributed by atoms with van der Waals surface area (Å²) in [5, 5.41) is 12.3. The summed E-state index contributed by atoms with van der Waals surface area (Å²) in [5.41, 5.74) is -0.458. The first-order valence-electron chi connectivity index (χ1n) is 5.79. The van der Waals surface area contributed by atoms with E-state index in [-0.39, 0.29) is 24.2 Å². The van der Waals surface area contributed by atoms with Gasteiger partial charge in [0.25, 0.3) is 0 Å². The van der Waals surface area contributed by atoms with Crippen molar-refractivity contribution in [2.24, 2.45) is 0 Å².